The van der Waals surface area contributed by atoms with Gasteiger partial charge in [-0.05, 0) is 31.0 Å². The number of benzene rings is 1. The Balaban J connectivity index is 2.14. The number of carboxylic acids is 1. The van der Waals surface area contributed by atoms with Gasteiger partial charge in [-0.25, -0.2) is 0 Å². The second-order valence-electron chi connectivity index (χ2n) is 5.32. The van der Waals surface area contributed by atoms with Crippen LogP contribution in [0.4, 0.5) is 5.69 Å². The molecule has 0 saturated heterocycles. The van der Waals surface area contributed by atoms with Crippen molar-refractivity contribution in [3.8, 4) is 0 Å². The van der Waals surface area contributed by atoms with Crippen LogP contribution in [-0.2, 0) is 4.79 Å². The predicted octanol–water partition coefficient (Wildman–Crippen LogP) is 1.83. The summed E-state index contributed by atoms with van der Waals surface area (Å²) in [6, 6.07) is 7.63. The second-order valence-corrected chi connectivity index (χ2v) is 5.32. The van der Waals surface area contributed by atoms with E-state index in [-0.39, 0.29) is 24.9 Å². The van der Waals surface area contributed by atoms with Crippen molar-refractivity contribution >= 4 is 17.6 Å². The Labute approximate surface area is 118 Å². The van der Waals surface area contributed by atoms with Crippen LogP contribution in [0.25, 0.3) is 0 Å². The summed E-state index contributed by atoms with van der Waals surface area (Å²) in [5, 5.41) is 8.79. The van der Waals surface area contributed by atoms with Crippen molar-refractivity contribution in [2.45, 2.75) is 25.3 Å². The molecule has 5 nitrogen and oxygen atoms in total. The highest BCUT2D eigenvalue weighted by atomic mass is 16.4. The van der Waals surface area contributed by atoms with E-state index in [1.165, 1.54) is 0 Å². The fraction of sp³-hybridized carbons (Fsp3) is 0.467. The third-order valence-corrected chi connectivity index (χ3v) is 3.42. The standard InChI is InChI=1S/C15H20N2O3/c1-16(2)13-5-3-4-11(10-13)15(20)17(12-6-7-12)9-8-14(18)19/h3-5,10,12H,6-9H2,1-2H3,(H,18,19). The molecule has 0 aliphatic heterocycles. The molecule has 0 bridgehead atoms. The number of aliphatic carboxylic acids is 1. The van der Waals surface area contributed by atoms with E-state index in [0.29, 0.717) is 5.56 Å². The minimum absolute atomic E-state index is 0.00435. The Morgan fingerprint density at radius 3 is 2.55 bits per heavy atom. The van der Waals surface area contributed by atoms with E-state index in [4.69, 9.17) is 5.11 Å². The van der Waals surface area contributed by atoms with E-state index in [2.05, 4.69) is 0 Å². The zero-order valence-electron chi connectivity index (χ0n) is 11.9. The van der Waals surface area contributed by atoms with Gasteiger partial charge in [-0.3, -0.25) is 9.59 Å². The molecule has 0 spiro atoms. The largest absolute Gasteiger partial charge is 0.481 e. The average molecular weight is 276 g/mol. The van der Waals surface area contributed by atoms with Crippen LogP contribution < -0.4 is 4.90 Å². The molecule has 1 saturated carbocycles. The van der Waals surface area contributed by atoms with Gasteiger partial charge in [0.05, 0.1) is 6.42 Å². The van der Waals surface area contributed by atoms with Gasteiger partial charge in [0.1, 0.15) is 0 Å². The van der Waals surface area contributed by atoms with Gasteiger partial charge in [-0.1, -0.05) is 6.07 Å². The summed E-state index contributed by atoms with van der Waals surface area (Å²) in [5.74, 6) is -0.942. The molecular weight excluding hydrogens is 256 g/mol. The normalized spacial score (nSPS) is 13.9. The number of amides is 1. The molecule has 1 N–H and O–H groups in total. The minimum atomic E-state index is -0.870. The molecule has 1 amide bonds. The summed E-state index contributed by atoms with van der Waals surface area (Å²) in [4.78, 5) is 26.9. The van der Waals surface area contributed by atoms with Gasteiger partial charge in [-0.2, -0.15) is 0 Å². The third kappa shape index (κ3) is 3.50. The lowest BCUT2D eigenvalue weighted by Crippen LogP contribution is -2.35. The number of hydrogen-bond donors (Lipinski definition) is 1. The number of hydrogen-bond acceptors (Lipinski definition) is 3. The molecule has 2 rings (SSSR count). The SMILES string of the molecule is CN(C)c1cccc(C(=O)N(CCC(=O)O)C2CC2)c1. The minimum Gasteiger partial charge on any atom is -0.481 e. The Morgan fingerprint density at radius 2 is 2.00 bits per heavy atom. The number of nitrogens with zero attached hydrogens (tertiary/aromatic N) is 2. The van der Waals surface area contributed by atoms with Crippen LogP contribution in [0.15, 0.2) is 24.3 Å². The first kappa shape index (κ1) is 14.4. The van der Waals surface area contributed by atoms with Crippen molar-refractivity contribution in [1.29, 1.82) is 0 Å². The van der Waals surface area contributed by atoms with Gasteiger partial charge in [0.15, 0.2) is 0 Å². The first-order valence-corrected chi connectivity index (χ1v) is 6.79. The van der Waals surface area contributed by atoms with E-state index >= 15 is 0 Å². The van der Waals surface area contributed by atoms with E-state index < -0.39 is 5.97 Å². The third-order valence-electron chi connectivity index (χ3n) is 3.42. The van der Waals surface area contributed by atoms with Crippen molar-refractivity contribution in [2.75, 3.05) is 25.5 Å². The molecule has 1 aliphatic carbocycles. The molecule has 1 fully saturated rings. The van der Waals surface area contributed by atoms with Gasteiger partial charge in [-0.15, -0.1) is 0 Å². The summed E-state index contributed by atoms with van der Waals surface area (Å²) in [5.41, 5.74) is 1.58. The Morgan fingerprint density at radius 1 is 1.30 bits per heavy atom. The van der Waals surface area contributed by atoms with E-state index in [1.54, 1.807) is 11.0 Å². The summed E-state index contributed by atoms with van der Waals surface area (Å²) in [7, 11) is 3.85. The Bertz CT molecular complexity index is 510. The van der Waals surface area contributed by atoms with Crippen molar-refractivity contribution in [3.05, 3.63) is 29.8 Å². The molecular formula is C15H20N2O3. The van der Waals surface area contributed by atoms with Crippen LogP contribution in [-0.4, -0.2) is 48.6 Å². The molecule has 0 aromatic heterocycles. The van der Waals surface area contributed by atoms with Crippen LogP contribution in [0.5, 0.6) is 0 Å². The van der Waals surface area contributed by atoms with E-state index in [1.807, 2.05) is 37.2 Å². The monoisotopic (exact) mass is 276 g/mol. The second kappa shape index (κ2) is 5.94. The molecule has 0 unspecified atom stereocenters. The smallest absolute Gasteiger partial charge is 0.305 e. The van der Waals surface area contributed by atoms with Crippen LogP contribution in [0.2, 0.25) is 0 Å². The zero-order chi connectivity index (χ0) is 14.7. The summed E-state index contributed by atoms with van der Waals surface area (Å²) in [6.45, 7) is 0.283. The number of carbonyl (C=O) groups is 2. The highest BCUT2D eigenvalue weighted by molar-refractivity contribution is 5.95. The summed E-state index contributed by atoms with van der Waals surface area (Å²) < 4.78 is 0. The lowest BCUT2D eigenvalue weighted by molar-refractivity contribution is -0.137. The highest BCUT2D eigenvalue weighted by Gasteiger charge is 2.33. The topological polar surface area (TPSA) is 60.9 Å². The lowest BCUT2D eigenvalue weighted by atomic mass is 10.1. The number of anilines is 1. The first-order chi connectivity index (χ1) is 9.49. The van der Waals surface area contributed by atoms with Gasteiger partial charge in [0, 0.05) is 37.9 Å². The maximum atomic E-state index is 12.5. The van der Waals surface area contributed by atoms with Gasteiger partial charge in [0.25, 0.3) is 5.91 Å². The molecule has 0 atom stereocenters. The van der Waals surface area contributed by atoms with Crippen LogP contribution in [0.1, 0.15) is 29.6 Å². The predicted molar refractivity (Wildman–Crippen MR) is 77.1 cm³/mol. The van der Waals surface area contributed by atoms with Gasteiger partial charge in [0.2, 0.25) is 0 Å². The molecule has 20 heavy (non-hydrogen) atoms. The van der Waals surface area contributed by atoms with Crippen LogP contribution >= 0.6 is 0 Å². The maximum Gasteiger partial charge on any atom is 0.305 e. The summed E-state index contributed by atoms with van der Waals surface area (Å²) >= 11 is 0. The molecule has 0 heterocycles. The maximum absolute atomic E-state index is 12.5. The van der Waals surface area contributed by atoms with E-state index in [0.717, 1.165) is 18.5 Å². The number of rotatable bonds is 6. The number of carbonyl (C=O) groups excluding carboxylic acids is 1. The average Bonchev–Trinajstić information content (AvgIpc) is 3.23. The van der Waals surface area contributed by atoms with Crippen LogP contribution in [0, 0.1) is 0 Å². The van der Waals surface area contributed by atoms with Gasteiger partial charge < -0.3 is 14.9 Å². The van der Waals surface area contributed by atoms with Crippen LogP contribution in [0.3, 0.4) is 0 Å². The summed E-state index contributed by atoms with van der Waals surface area (Å²) in [6.07, 6.45) is 1.94. The molecule has 1 aliphatic rings. The Kier molecular flexibility index (Phi) is 4.27. The van der Waals surface area contributed by atoms with Crippen molar-refractivity contribution < 1.29 is 14.7 Å². The fourth-order valence-electron chi connectivity index (χ4n) is 2.14. The Hall–Kier alpha value is -2.04. The van der Waals surface area contributed by atoms with Gasteiger partial charge >= 0.3 is 5.97 Å². The zero-order valence-corrected chi connectivity index (χ0v) is 11.9. The fourth-order valence-corrected chi connectivity index (χ4v) is 2.14. The highest BCUT2D eigenvalue weighted by Crippen LogP contribution is 2.29. The molecule has 0 radical (unpaired) electrons. The quantitative estimate of drug-likeness (QED) is 0.861. The first-order valence-electron chi connectivity index (χ1n) is 6.79. The van der Waals surface area contributed by atoms with Crippen molar-refractivity contribution in [1.82, 2.24) is 4.90 Å². The molecule has 108 valence electrons. The van der Waals surface area contributed by atoms with E-state index in [9.17, 15) is 9.59 Å². The molecule has 5 heteroatoms. The number of carboxylic acid groups (broad SMARTS) is 1. The molecule has 1 aromatic rings. The van der Waals surface area contributed by atoms with Crippen molar-refractivity contribution in [2.24, 2.45) is 0 Å². The lowest BCUT2D eigenvalue weighted by Gasteiger charge is -2.22. The van der Waals surface area contributed by atoms with Crippen molar-refractivity contribution in [3.63, 3.8) is 0 Å². The molecule has 1 aromatic carbocycles.